The summed E-state index contributed by atoms with van der Waals surface area (Å²) in [7, 11) is 0. The Labute approximate surface area is 212 Å². The monoisotopic (exact) mass is 461 g/mol. The van der Waals surface area contributed by atoms with Crippen molar-refractivity contribution >= 4 is 5.69 Å². The van der Waals surface area contributed by atoms with Crippen LogP contribution in [0.15, 0.2) is 66.7 Å². The molecule has 2 unspecified atom stereocenters. The van der Waals surface area contributed by atoms with Crippen molar-refractivity contribution in [1.82, 2.24) is 0 Å². The second-order valence-corrected chi connectivity index (χ2v) is 11.8. The van der Waals surface area contributed by atoms with Crippen LogP contribution < -0.4 is 4.90 Å². The smallest absolute Gasteiger partial charge is 0.0410 e. The van der Waals surface area contributed by atoms with Crippen LogP contribution in [0.4, 0.5) is 5.69 Å². The van der Waals surface area contributed by atoms with Crippen molar-refractivity contribution in [3.8, 4) is 23.5 Å². The van der Waals surface area contributed by atoms with E-state index in [4.69, 9.17) is 6.42 Å². The summed E-state index contributed by atoms with van der Waals surface area (Å²) in [5.74, 6) is 3.51. The van der Waals surface area contributed by atoms with E-state index < -0.39 is 0 Å². The van der Waals surface area contributed by atoms with Gasteiger partial charge in [-0.15, -0.1) is 12.3 Å². The van der Waals surface area contributed by atoms with Gasteiger partial charge in [-0.05, 0) is 89.3 Å². The second kappa shape index (κ2) is 9.94. The highest BCUT2D eigenvalue weighted by Gasteiger charge is 2.37. The van der Waals surface area contributed by atoms with Crippen molar-refractivity contribution in [3.63, 3.8) is 0 Å². The van der Waals surface area contributed by atoms with Crippen LogP contribution in [-0.4, -0.2) is 12.6 Å². The van der Waals surface area contributed by atoms with Crippen molar-refractivity contribution in [2.75, 3.05) is 11.4 Å². The summed E-state index contributed by atoms with van der Waals surface area (Å²) in [6.45, 7) is 8.00. The van der Waals surface area contributed by atoms with E-state index in [1.54, 1.807) is 5.56 Å². The molecule has 180 valence electrons. The summed E-state index contributed by atoms with van der Waals surface area (Å²) in [6.07, 6.45) is 13.4. The fraction of sp³-hybridized carbons (Fsp3) is 0.412. The molecule has 1 nitrogen and oxygen atoms in total. The van der Waals surface area contributed by atoms with Crippen LogP contribution in [0.5, 0.6) is 0 Å². The Morgan fingerprint density at radius 2 is 1.60 bits per heavy atom. The topological polar surface area (TPSA) is 3.24 Å². The lowest BCUT2D eigenvalue weighted by Crippen LogP contribution is -2.38. The van der Waals surface area contributed by atoms with Crippen LogP contribution in [0.1, 0.15) is 74.6 Å². The zero-order valence-electron chi connectivity index (χ0n) is 21.7. The maximum atomic E-state index is 5.48. The number of hydrogen-bond acceptors (Lipinski definition) is 1. The van der Waals surface area contributed by atoms with Crippen molar-refractivity contribution in [1.29, 1.82) is 0 Å². The lowest BCUT2D eigenvalue weighted by atomic mass is 9.87. The fourth-order valence-electron chi connectivity index (χ4n) is 6.17. The van der Waals surface area contributed by atoms with E-state index in [9.17, 15) is 0 Å². The summed E-state index contributed by atoms with van der Waals surface area (Å²) in [5.41, 5.74) is 10.2. The normalized spacial score (nSPS) is 18.9. The predicted molar refractivity (Wildman–Crippen MR) is 150 cm³/mol. The summed E-state index contributed by atoms with van der Waals surface area (Å²) in [4.78, 5) is 2.73. The number of aryl methyl sites for hydroxylation is 1. The number of anilines is 1. The molecule has 1 fully saturated rings. The van der Waals surface area contributed by atoms with Gasteiger partial charge in [0.05, 0.1) is 0 Å². The van der Waals surface area contributed by atoms with Gasteiger partial charge < -0.3 is 4.90 Å². The molecule has 0 saturated heterocycles. The minimum Gasteiger partial charge on any atom is -0.368 e. The molecule has 2 atom stereocenters. The molecule has 3 aromatic carbocycles. The van der Waals surface area contributed by atoms with E-state index in [0.717, 1.165) is 38.1 Å². The van der Waals surface area contributed by atoms with Gasteiger partial charge in [0.2, 0.25) is 0 Å². The third kappa shape index (κ3) is 5.48. The molecule has 3 aromatic rings. The van der Waals surface area contributed by atoms with Crippen molar-refractivity contribution in [2.24, 2.45) is 5.41 Å². The van der Waals surface area contributed by atoms with Gasteiger partial charge >= 0.3 is 0 Å². The molecule has 0 aromatic heterocycles. The van der Waals surface area contributed by atoms with Crippen LogP contribution >= 0.6 is 0 Å². The summed E-state index contributed by atoms with van der Waals surface area (Å²) >= 11 is 0. The van der Waals surface area contributed by atoms with Gasteiger partial charge in [0.25, 0.3) is 0 Å². The van der Waals surface area contributed by atoms with Crippen molar-refractivity contribution in [2.45, 2.75) is 77.7 Å². The van der Waals surface area contributed by atoms with Crippen LogP contribution in [-0.2, 0) is 19.3 Å². The van der Waals surface area contributed by atoms with Crippen LogP contribution in [0, 0.1) is 17.8 Å². The molecule has 1 heteroatoms. The van der Waals surface area contributed by atoms with Gasteiger partial charge in [0, 0.05) is 24.7 Å². The van der Waals surface area contributed by atoms with E-state index >= 15 is 0 Å². The molecule has 1 aliphatic carbocycles. The highest BCUT2D eigenvalue weighted by atomic mass is 15.2. The average molecular weight is 462 g/mol. The van der Waals surface area contributed by atoms with Gasteiger partial charge in [-0.1, -0.05) is 81.4 Å². The SMILES string of the molecule is C#CCCc1cccc(CCN2c3cc(-c4ccc(CC(C)(C)C)cc4)ccc3C3CCC2C3)c1. The molecule has 1 heterocycles. The van der Waals surface area contributed by atoms with Gasteiger partial charge in [-0.25, -0.2) is 0 Å². The number of nitrogens with zero attached hydrogens (tertiary/aromatic N) is 1. The Hall–Kier alpha value is -2.98. The standard InChI is InChI=1S/C34H39N/c1-5-6-8-25-9-7-10-26(21-25)19-20-35-31-17-15-30(22-31)32-18-16-29(23-33(32)35)28-13-11-27(12-14-28)24-34(2,3)4/h1,7,9-14,16,18,21,23,30-31H,6,8,15,17,19-20,22,24H2,2-4H3. The highest BCUT2D eigenvalue weighted by molar-refractivity contribution is 5.72. The molecule has 2 bridgehead atoms. The minimum atomic E-state index is 0.313. The van der Waals surface area contributed by atoms with E-state index in [-0.39, 0.29) is 0 Å². The van der Waals surface area contributed by atoms with E-state index in [1.807, 2.05) is 0 Å². The third-order valence-electron chi connectivity index (χ3n) is 7.84. The first-order valence-electron chi connectivity index (χ1n) is 13.4. The van der Waals surface area contributed by atoms with E-state index in [2.05, 4.69) is 98.3 Å². The van der Waals surface area contributed by atoms with Crippen molar-refractivity contribution in [3.05, 3.63) is 89.0 Å². The Kier molecular flexibility index (Phi) is 6.75. The van der Waals surface area contributed by atoms with Crippen molar-refractivity contribution < 1.29 is 0 Å². The number of benzene rings is 3. The van der Waals surface area contributed by atoms with Crippen LogP contribution in [0.2, 0.25) is 0 Å². The number of hydrogen-bond donors (Lipinski definition) is 0. The van der Waals surface area contributed by atoms with Gasteiger partial charge in [0.1, 0.15) is 0 Å². The second-order valence-electron chi connectivity index (χ2n) is 11.8. The first kappa shape index (κ1) is 23.7. The quantitative estimate of drug-likeness (QED) is 0.320. The van der Waals surface area contributed by atoms with E-state index in [0.29, 0.717) is 11.5 Å². The number of rotatable bonds is 7. The highest BCUT2D eigenvalue weighted by Crippen LogP contribution is 2.48. The Morgan fingerprint density at radius 3 is 2.34 bits per heavy atom. The van der Waals surface area contributed by atoms with Gasteiger partial charge in [0.15, 0.2) is 0 Å². The lowest BCUT2D eigenvalue weighted by Gasteiger charge is -2.37. The molecule has 0 spiro atoms. The number of terminal acetylenes is 1. The van der Waals surface area contributed by atoms with E-state index in [1.165, 1.54) is 52.8 Å². The number of fused-ring (bicyclic) bond motifs is 4. The molecule has 0 amide bonds. The Morgan fingerprint density at radius 1 is 0.857 bits per heavy atom. The first-order valence-corrected chi connectivity index (χ1v) is 13.4. The van der Waals surface area contributed by atoms with Gasteiger partial charge in [-0.3, -0.25) is 0 Å². The maximum Gasteiger partial charge on any atom is 0.0410 e. The zero-order valence-corrected chi connectivity index (χ0v) is 21.7. The zero-order chi connectivity index (χ0) is 24.4. The molecular weight excluding hydrogens is 422 g/mol. The molecule has 35 heavy (non-hydrogen) atoms. The van der Waals surface area contributed by atoms with Crippen LogP contribution in [0.3, 0.4) is 0 Å². The predicted octanol–water partition coefficient (Wildman–Crippen LogP) is 8.21. The lowest BCUT2D eigenvalue weighted by molar-refractivity contribution is 0.411. The molecule has 2 aliphatic rings. The summed E-state index contributed by atoms with van der Waals surface area (Å²) < 4.78 is 0. The molecule has 5 rings (SSSR count). The summed E-state index contributed by atoms with van der Waals surface area (Å²) in [6, 6.07) is 26.2. The third-order valence-corrected chi connectivity index (χ3v) is 7.84. The van der Waals surface area contributed by atoms with Gasteiger partial charge in [-0.2, -0.15) is 0 Å². The summed E-state index contributed by atoms with van der Waals surface area (Å²) in [5, 5.41) is 0. The average Bonchev–Trinajstić information content (AvgIpc) is 3.27. The first-order chi connectivity index (χ1) is 16.9. The maximum absolute atomic E-state index is 5.48. The molecule has 1 aliphatic heterocycles. The molecule has 0 N–H and O–H groups in total. The Balaban J connectivity index is 1.37. The fourth-order valence-corrected chi connectivity index (χ4v) is 6.17. The Bertz CT molecular complexity index is 1200. The largest absolute Gasteiger partial charge is 0.368 e. The molecular formula is C34H39N. The van der Waals surface area contributed by atoms with Crippen LogP contribution in [0.25, 0.3) is 11.1 Å². The minimum absolute atomic E-state index is 0.313. The molecule has 0 radical (unpaired) electrons. The molecule has 1 saturated carbocycles.